The number of rotatable bonds is 5. The number of halogens is 1. The quantitative estimate of drug-likeness (QED) is 0.571. The Labute approximate surface area is 159 Å². The predicted molar refractivity (Wildman–Crippen MR) is 98.1 cm³/mol. The molecule has 0 aliphatic rings. The molecule has 0 bridgehead atoms. The van der Waals surface area contributed by atoms with Crippen molar-refractivity contribution < 1.29 is 14.0 Å². The number of hydrogen-bond acceptors (Lipinski definition) is 5. The number of benzene rings is 1. The Morgan fingerprint density at radius 1 is 1.21 bits per heavy atom. The van der Waals surface area contributed by atoms with E-state index < -0.39 is 5.69 Å². The van der Waals surface area contributed by atoms with Crippen LogP contribution in [0.25, 0.3) is 5.69 Å². The van der Waals surface area contributed by atoms with Gasteiger partial charge in [-0.15, -0.1) is 0 Å². The molecule has 3 heterocycles. The molecule has 4 rings (SSSR count). The molecule has 0 aliphatic carbocycles. The summed E-state index contributed by atoms with van der Waals surface area (Å²) in [6, 6.07) is 5.97. The summed E-state index contributed by atoms with van der Waals surface area (Å²) in [5, 5.41) is 18.4. The van der Waals surface area contributed by atoms with Crippen LogP contribution in [0.15, 0.2) is 52.2 Å². The van der Waals surface area contributed by atoms with Crippen LogP contribution in [-0.2, 0) is 13.1 Å². The Balaban J connectivity index is 1.63. The van der Waals surface area contributed by atoms with E-state index in [9.17, 15) is 14.3 Å². The van der Waals surface area contributed by atoms with Gasteiger partial charge in [0.25, 0.3) is 0 Å². The normalized spacial score (nSPS) is 11.2. The summed E-state index contributed by atoms with van der Waals surface area (Å²) < 4.78 is 22.6. The van der Waals surface area contributed by atoms with E-state index >= 15 is 0 Å². The second-order valence-corrected chi connectivity index (χ2v) is 6.56. The second-order valence-electron chi connectivity index (χ2n) is 6.56. The van der Waals surface area contributed by atoms with Crippen molar-refractivity contribution in [1.82, 2.24) is 24.1 Å². The molecule has 1 N–H and O–H groups in total. The molecule has 8 nitrogen and oxygen atoms in total. The molecule has 0 saturated heterocycles. The lowest BCUT2D eigenvalue weighted by atomic mass is 10.2. The molecule has 144 valence electrons. The first-order valence-corrected chi connectivity index (χ1v) is 8.62. The van der Waals surface area contributed by atoms with Gasteiger partial charge < -0.3 is 9.63 Å². The highest BCUT2D eigenvalue weighted by atomic mass is 19.1. The van der Waals surface area contributed by atoms with Crippen LogP contribution in [0.1, 0.15) is 22.6 Å². The minimum Gasteiger partial charge on any atom is -0.493 e. The van der Waals surface area contributed by atoms with E-state index in [1.54, 1.807) is 23.0 Å². The third-order valence-electron chi connectivity index (χ3n) is 4.56. The molecular formula is C19H18FN5O3. The first kappa shape index (κ1) is 17.8. The van der Waals surface area contributed by atoms with E-state index in [0.717, 1.165) is 15.8 Å². The molecule has 0 unspecified atom stereocenters. The van der Waals surface area contributed by atoms with Gasteiger partial charge in [0.05, 0.1) is 36.9 Å². The molecular weight excluding hydrogens is 365 g/mol. The number of aromatic hydroxyl groups is 1. The van der Waals surface area contributed by atoms with Gasteiger partial charge in [-0.1, -0.05) is 17.3 Å². The summed E-state index contributed by atoms with van der Waals surface area (Å²) in [6.45, 7) is 4.24. The molecule has 0 saturated carbocycles. The summed E-state index contributed by atoms with van der Waals surface area (Å²) in [7, 11) is 0. The van der Waals surface area contributed by atoms with Crippen molar-refractivity contribution in [3.05, 3.63) is 81.7 Å². The SMILES string of the molecule is Cc1noc(C)c1Cn1cc(-n2c(O)cn(Cc3cccc(F)c3)c2=O)cn1. The van der Waals surface area contributed by atoms with E-state index in [1.807, 2.05) is 13.8 Å². The molecule has 28 heavy (non-hydrogen) atoms. The van der Waals surface area contributed by atoms with Crippen molar-refractivity contribution >= 4 is 0 Å². The third-order valence-corrected chi connectivity index (χ3v) is 4.56. The van der Waals surface area contributed by atoms with E-state index in [1.165, 1.54) is 29.1 Å². The van der Waals surface area contributed by atoms with Gasteiger partial charge in [-0.05, 0) is 31.5 Å². The summed E-state index contributed by atoms with van der Waals surface area (Å²) in [5.74, 6) is 0.101. The van der Waals surface area contributed by atoms with Crippen molar-refractivity contribution in [3.63, 3.8) is 0 Å². The maximum Gasteiger partial charge on any atom is 0.336 e. The molecule has 0 amide bonds. The third kappa shape index (κ3) is 3.22. The largest absolute Gasteiger partial charge is 0.493 e. The zero-order valence-corrected chi connectivity index (χ0v) is 15.3. The highest BCUT2D eigenvalue weighted by Crippen LogP contribution is 2.17. The minimum atomic E-state index is -0.446. The standard InChI is InChI=1S/C19H18FN5O3/c1-12-17(13(2)28-22-12)10-24-9-16(7-21-24)25-18(26)11-23(19(25)27)8-14-4-3-5-15(20)6-14/h3-7,9,11,26H,8,10H2,1-2H3. The lowest BCUT2D eigenvalue weighted by Gasteiger charge is -2.02. The van der Waals surface area contributed by atoms with Crippen LogP contribution in [0.4, 0.5) is 4.39 Å². The summed E-state index contributed by atoms with van der Waals surface area (Å²) in [4.78, 5) is 12.7. The zero-order valence-electron chi connectivity index (χ0n) is 15.3. The van der Waals surface area contributed by atoms with E-state index in [-0.39, 0.29) is 18.2 Å². The number of aromatic nitrogens is 5. The Morgan fingerprint density at radius 2 is 2.04 bits per heavy atom. The Kier molecular flexibility index (Phi) is 4.34. The van der Waals surface area contributed by atoms with Crippen LogP contribution in [0.2, 0.25) is 0 Å². The highest BCUT2D eigenvalue weighted by molar-refractivity contribution is 5.32. The van der Waals surface area contributed by atoms with Crippen molar-refractivity contribution in [2.24, 2.45) is 0 Å². The van der Waals surface area contributed by atoms with Crippen LogP contribution in [0.3, 0.4) is 0 Å². The van der Waals surface area contributed by atoms with Gasteiger partial charge in [-0.3, -0.25) is 9.25 Å². The maximum atomic E-state index is 13.4. The summed E-state index contributed by atoms with van der Waals surface area (Å²) in [5.41, 5.74) is 2.28. The van der Waals surface area contributed by atoms with Gasteiger partial charge in [-0.2, -0.15) is 5.10 Å². The van der Waals surface area contributed by atoms with Gasteiger partial charge in [-0.25, -0.2) is 13.8 Å². The van der Waals surface area contributed by atoms with E-state index in [4.69, 9.17) is 4.52 Å². The Morgan fingerprint density at radius 3 is 2.75 bits per heavy atom. The molecule has 0 spiro atoms. The molecule has 0 fully saturated rings. The highest BCUT2D eigenvalue weighted by Gasteiger charge is 2.16. The van der Waals surface area contributed by atoms with Gasteiger partial charge in [0, 0.05) is 11.8 Å². The summed E-state index contributed by atoms with van der Waals surface area (Å²) in [6.07, 6.45) is 4.46. The van der Waals surface area contributed by atoms with Crippen LogP contribution >= 0.6 is 0 Å². The number of aryl methyl sites for hydroxylation is 2. The lowest BCUT2D eigenvalue weighted by Crippen LogP contribution is -2.23. The average molecular weight is 383 g/mol. The molecule has 3 aromatic heterocycles. The van der Waals surface area contributed by atoms with Crippen LogP contribution in [0.5, 0.6) is 5.88 Å². The molecule has 4 aromatic rings. The number of nitrogens with zero attached hydrogens (tertiary/aromatic N) is 5. The molecule has 0 atom stereocenters. The van der Waals surface area contributed by atoms with Crippen molar-refractivity contribution in [1.29, 1.82) is 0 Å². The molecule has 1 aromatic carbocycles. The van der Waals surface area contributed by atoms with Crippen molar-refractivity contribution in [2.75, 3.05) is 0 Å². The minimum absolute atomic E-state index is 0.143. The maximum absolute atomic E-state index is 13.4. The number of imidazole rings is 1. The molecule has 0 aliphatic heterocycles. The van der Waals surface area contributed by atoms with Crippen LogP contribution in [0, 0.1) is 19.7 Å². The van der Waals surface area contributed by atoms with Crippen molar-refractivity contribution in [2.45, 2.75) is 26.9 Å². The smallest absolute Gasteiger partial charge is 0.336 e. The topological polar surface area (TPSA) is 91.0 Å². The molecule has 9 heteroatoms. The monoisotopic (exact) mass is 383 g/mol. The van der Waals surface area contributed by atoms with Gasteiger partial charge in [0.2, 0.25) is 5.88 Å². The number of hydrogen-bond donors (Lipinski definition) is 1. The van der Waals surface area contributed by atoms with Crippen molar-refractivity contribution in [3.8, 4) is 11.6 Å². The second kappa shape index (κ2) is 6.84. The Bertz CT molecular complexity index is 1180. The zero-order chi connectivity index (χ0) is 19.8. The van der Waals surface area contributed by atoms with Gasteiger partial charge in [0.15, 0.2) is 0 Å². The fourth-order valence-corrected chi connectivity index (χ4v) is 3.11. The first-order chi connectivity index (χ1) is 13.4. The van der Waals surface area contributed by atoms with Crippen LogP contribution < -0.4 is 5.69 Å². The van der Waals surface area contributed by atoms with Gasteiger partial charge in [0.1, 0.15) is 11.6 Å². The van der Waals surface area contributed by atoms with E-state index in [0.29, 0.717) is 23.6 Å². The lowest BCUT2D eigenvalue weighted by molar-refractivity contribution is 0.391. The van der Waals surface area contributed by atoms with E-state index in [2.05, 4.69) is 10.3 Å². The first-order valence-electron chi connectivity index (χ1n) is 8.62. The fraction of sp³-hybridized carbons (Fsp3) is 0.211. The fourth-order valence-electron chi connectivity index (χ4n) is 3.11. The molecule has 0 radical (unpaired) electrons. The van der Waals surface area contributed by atoms with Gasteiger partial charge >= 0.3 is 5.69 Å². The average Bonchev–Trinajstić information content (AvgIpc) is 3.30. The summed E-state index contributed by atoms with van der Waals surface area (Å²) >= 11 is 0. The Hall–Kier alpha value is -3.62. The van der Waals surface area contributed by atoms with Crippen LogP contribution in [-0.4, -0.2) is 29.2 Å². The predicted octanol–water partition coefficient (Wildman–Crippen LogP) is 2.38.